The number of carbonyl (C=O) groups excluding carboxylic acids is 1. The quantitative estimate of drug-likeness (QED) is 0.415. The molecule has 10 heteroatoms. The summed E-state index contributed by atoms with van der Waals surface area (Å²) in [7, 11) is 5.24. The molecule has 5 rings (SSSR count). The second-order valence-corrected chi connectivity index (χ2v) is 9.05. The van der Waals surface area contributed by atoms with Crippen molar-refractivity contribution in [3.8, 4) is 22.6 Å². The van der Waals surface area contributed by atoms with Gasteiger partial charge < -0.3 is 14.7 Å². The first kappa shape index (κ1) is 22.7. The lowest BCUT2D eigenvalue weighted by Crippen LogP contribution is -2.26. The number of likely N-dealkylation sites (N-methyl/N-ethyl adjacent to an activating group) is 1. The van der Waals surface area contributed by atoms with Gasteiger partial charge in [0, 0.05) is 39.1 Å². The summed E-state index contributed by atoms with van der Waals surface area (Å²) in [6, 6.07) is 8.46. The van der Waals surface area contributed by atoms with Gasteiger partial charge in [0.25, 0.3) is 5.89 Å². The Hall–Kier alpha value is -4.08. The number of nitrogens with one attached hydrogen (secondary N) is 1. The Morgan fingerprint density at radius 1 is 1.17 bits per heavy atom. The minimum absolute atomic E-state index is 0.0390. The molecule has 3 heterocycles. The van der Waals surface area contributed by atoms with E-state index in [0.717, 1.165) is 35.2 Å². The Morgan fingerprint density at radius 2 is 1.94 bits per heavy atom. The fourth-order valence-corrected chi connectivity index (χ4v) is 4.12. The first-order chi connectivity index (χ1) is 16.9. The SMILES string of the molecule is CNc1ncc(-c2ccc(C(c3noc(-c4cnn(CC(=O)N(C)C)c4)n3)C3CC3)cc2)c(C)n1. The number of hydrogen-bond donors (Lipinski definition) is 1. The summed E-state index contributed by atoms with van der Waals surface area (Å²) in [6.07, 6.45) is 7.52. The third kappa shape index (κ3) is 4.77. The number of hydrogen-bond acceptors (Lipinski definition) is 8. The van der Waals surface area contributed by atoms with Crippen LogP contribution >= 0.6 is 0 Å². The smallest absolute Gasteiger partial charge is 0.261 e. The molecule has 3 aromatic heterocycles. The van der Waals surface area contributed by atoms with Crippen LogP contribution in [-0.2, 0) is 11.3 Å². The predicted molar refractivity (Wildman–Crippen MR) is 131 cm³/mol. The van der Waals surface area contributed by atoms with E-state index >= 15 is 0 Å². The van der Waals surface area contributed by atoms with Crippen LogP contribution < -0.4 is 5.32 Å². The maximum Gasteiger partial charge on any atom is 0.261 e. The lowest BCUT2D eigenvalue weighted by Gasteiger charge is -2.14. The Bertz CT molecular complexity index is 1340. The Labute approximate surface area is 203 Å². The van der Waals surface area contributed by atoms with Gasteiger partial charge in [0.05, 0.1) is 23.4 Å². The number of rotatable bonds is 8. The first-order valence-electron chi connectivity index (χ1n) is 11.6. The van der Waals surface area contributed by atoms with Crippen LogP contribution in [-0.4, -0.2) is 61.8 Å². The normalized spacial score (nSPS) is 14.1. The molecule has 10 nitrogen and oxygen atoms in total. The second-order valence-electron chi connectivity index (χ2n) is 9.05. The maximum atomic E-state index is 12.0. The molecule has 1 unspecified atom stereocenters. The van der Waals surface area contributed by atoms with Crippen LogP contribution in [0.1, 0.15) is 35.8 Å². The highest BCUT2D eigenvalue weighted by atomic mass is 16.5. The van der Waals surface area contributed by atoms with Crippen molar-refractivity contribution < 1.29 is 9.32 Å². The number of amides is 1. The van der Waals surface area contributed by atoms with Crippen molar-refractivity contribution in [3.63, 3.8) is 0 Å². The first-order valence-corrected chi connectivity index (χ1v) is 11.6. The number of nitrogens with zero attached hydrogens (tertiary/aromatic N) is 7. The molecule has 1 aromatic carbocycles. The van der Waals surface area contributed by atoms with Crippen LogP contribution in [0.4, 0.5) is 5.95 Å². The molecular weight excluding hydrogens is 444 g/mol. The van der Waals surface area contributed by atoms with Gasteiger partial charge in [0.15, 0.2) is 5.82 Å². The monoisotopic (exact) mass is 472 g/mol. The lowest BCUT2D eigenvalue weighted by atomic mass is 9.92. The van der Waals surface area contributed by atoms with Gasteiger partial charge in [-0.1, -0.05) is 29.4 Å². The van der Waals surface area contributed by atoms with Gasteiger partial charge in [-0.2, -0.15) is 10.1 Å². The van der Waals surface area contributed by atoms with E-state index in [1.165, 1.54) is 4.90 Å². The van der Waals surface area contributed by atoms with Gasteiger partial charge in [-0.3, -0.25) is 9.48 Å². The predicted octanol–water partition coefficient (Wildman–Crippen LogP) is 3.37. The fourth-order valence-electron chi connectivity index (χ4n) is 4.12. The van der Waals surface area contributed by atoms with Crippen LogP contribution in [0.15, 0.2) is 47.4 Å². The lowest BCUT2D eigenvalue weighted by molar-refractivity contribution is -0.129. The van der Waals surface area contributed by atoms with Gasteiger partial charge >= 0.3 is 0 Å². The number of aryl methyl sites for hydroxylation is 1. The van der Waals surface area contributed by atoms with E-state index in [2.05, 4.69) is 49.8 Å². The van der Waals surface area contributed by atoms with E-state index in [-0.39, 0.29) is 18.4 Å². The standard InChI is InChI=1S/C25H28N8O2/c1-15-20(12-27-25(26-2)29-15)16-5-7-17(8-6-16)22(18-9-10-18)23-30-24(35-31-23)19-11-28-33(13-19)14-21(34)32(3)4/h5-8,11-13,18,22H,9-10,14H2,1-4H3,(H,26,27,29). The number of benzene rings is 1. The average molecular weight is 473 g/mol. The minimum atomic E-state index is -0.0390. The summed E-state index contributed by atoms with van der Waals surface area (Å²) >= 11 is 0. The molecule has 0 bridgehead atoms. The van der Waals surface area contributed by atoms with Crippen molar-refractivity contribution in [1.29, 1.82) is 0 Å². The van der Waals surface area contributed by atoms with Crippen molar-refractivity contribution in [1.82, 2.24) is 34.8 Å². The number of carbonyl (C=O) groups is 1. The zero-order valence-corrected chi connectivity index (χ0v) is 20.3. The van der Waals surface area contributed by atoms with Crippen LogP contribution in [0.3, 0.4) is 0 Å². The van der Waals surface area contributed by atoms with E-state index in [1.54, 1.807) is 31.2 Å². The molecule has 1 aliphatic rings. The van der Waals surface area contributed by atoms with Crippen molar-refractivity contribution in [2.24, 2.45) is 5.92 Å². The molecule has 1 amide bonds. The zero-order valence-electron chi connectivity index (χ0n) is 20.3. The molecule has 0 radical (unpaired) electrons. The molecule has 4 aromatic rings. The van der Waals surface area contributed by atoms with Crippen LogP contribution in [0, 0.1) is 12.8 Å². The summed E-state index contributed by atoms with van der Waals surface area (Å²) in [5, 5.41) is 11.5. The summed E-state index contributed by atoms with van der Waals surface area (Å²) in [5.41, 5.74) is 4.84. The largest absolute Gasteiger partial charge is 0.357 e. The summed E-state index contributed by atoms with van der Waals surface area (Å²) < 4.78 is 7.17. The third-order valence-electron chi connectivity index (χ3n) is 6.27. The van der Waals surface area contributed by atoms with Gasteiger partial charge in [0.2, 0.25) is 11.9 Å². The molecule has 0 spiro atoms. The van der Waals surface area contributed by atoms with Crippen LogP contribution in [0.2, 0.25) is 0 Å². The van der Waals surface area contributed by atoms with Gasteiger partial charge in [0.1, 0.15) is 6.54 Å². The number of anilines is 1. The van der Waals surface area contributed by atoms with Crippen molar-refractivity contribution >= 4 is 11.9 Å². The Morgan fingerprint density at radius 3 is 2.60 bits per heavy atom. The molecule has 1 atom stereocenters. The van der Waals surface area contributed by atoms with E-state index in [4.69, 9.17) is 9.51 Å². The Balaban J connectivity index is 1.37. The highest BCUT2D eigenvalue weighted by molar-refractivity contribution is 5.75. The van der Waals surface area contributed by atoms with E-state index in [1.807, 2.05) is 20.2 Å². The maximum absolute atomic E-state index is 12.0. The third-order valence-corrected chi connectivity index (χ3v) is 6.27. The summed E-state index contributed by atoms with van der Waals surface area (Å²) in [6.45, 7) is 2.14. The minimum Gasteiger partial charge on any atom is -0.357 e. The number of aromatic nitrogens is 6. The van der Waals surface area contributed by atoms with Gasteiger partial charge in [-0.25, -0.2) is 9.97 Å². The zero-order chi connectivity index (χ0) is 24.5. The molecular formula is C25H28N8O2. The molecule has 180 valence electrons. The molecule has 1 aliphatic carbocycles. The van der Waals surface area contributed by atoms with E-state index < -0.39 is 0 Å². The highest BCUT2D eigenvalue weighted by Gasteiger charge is 2.36. The average Bonchev–Trinajstić information content (AvgIpc) is 3.37. The Kier molecular flexibility index (Phi) is 6.02. The molecule has 1 saturated carbocycles. The second kappa shape index (κ2) is 9.28. The van der Waals surface area contributed by atoms with Crippen molar-refractivity contribution in [2.75, 3.05) is 26.5 Å². The highest BCUT2D eigenvalue weighted by Crippen LogP contribution is 2.46. The molecule has 35 heavy (non-hydrogen) atoms. The molecule has 0 aliphatic heterocycles. The van der Waals surface area contributed by atoms with E-state index in [9.17, 15) is 4.79 Å². The summed E-state index contributed by atoms with van der Waals surface area (Å²) in [4.78, 5) is 27.0. The topological polar surface area (TPSA) is 115 Å². The van der Waals surface area contributed by atoms with E-state index in [0.29, 0.717) is 29.1 Å². The van der Waals surface area contributed by atoms with Crippen LogP contribution in [0.25, 0.3) is 22.6 Å². The van der Waals surface area contributed by atoms with Crippen molar-refractivity contribution in [2.45, 2.75) is 32.2 Å². The fraction of sp³-hybridized carbons (Fsp3) is 0.360. The molecule has 1 fully saturated rings. The molecule has 1 N–H and O–H groups in total. The van der Waals surface area contributed by atoms with Gasteiger partial charge in [-0.05, 0) is 36.8 Å². The summed E-state index contributed by atoms with van der Waals surface area (Å²) in [5.74, 6) is 2.21. The molecule has 0 saturated heterocycles. The van der Waals surface area contributed by atoms with Crippen molar-refractivity contribution in [3.05, 3.63) is 59.9 Å². The van der Waals surface area contributed by atoms with Gasteiger partial charge in [-0.15, -0.1) is 0 Å². The van der Waals surface area contributed by atoms with Crippen LogP contribution in [0.5, 0.6) is 0 Å².